The van der Waals surface area contributed by atoms with Crippen LogP contribution in [0.4, 0.5) is 0 Å². The molecule has 0 spiro atoms. The Morgan fingerprint density at radius 3 is 1.47 bits per heavy atom. The largest absolute Gasteiger partial charge is 0.265 e. The summed E-state index contributed by atoms with van der Waals surface area (Å²) >= 11 is 0. The van der Waals surface area contributed by atoms with Gasteiger partial charge in [-0.1, -0.05) is 91.0 Å². The zero-order valence-electron chi connectivity index (χ0n) is 16.5. The van der Waals surface area contributed by atoms with Crippen LogP contribution in [0.25, 0.3) is 11.1 Å². The Morgan fingerprint density at radius 1 is 0.533 bits per heavy atom. The standard InChI is InChI=1S/C27H21N3/c1-4-10-24(11-5-1)27(25-12-6-2-7-13-25,26-14-8-3-9-15-26)30-21-23(20-29-30)22-16-18-28-19-17-22/h1-21H. The van der Waals surface area contributed by atoms with Crippen LogP contribution < -0.4 is 0 Å². The van der Waals surface area contributed by atoms with Crippen molar-refractivity contribution in [3.8, 4) is 11.1 Å². The molecule has 0 unspecified atom stereocenters. The Bertz CT molecular complexity index is 1120. The van der Waals surface area contributed by atoms with Crippen LogP contribution in [0.15, 0.2) is 128 Å². The maximum absolute atomic E-state index is 4.89. The van der Waals surface area contributed by atoms with Crippen LogP contribution in [0, 0.1) is 0 Å². The average Bonchev–Trinajstić information content (AvgIpc) is 3.33. The summed E-state index contributed by atoms with van der Waals surface area (Å²) in [6.07, 6.45) is 7.68. The maximum Gasteiger partial charge on any atom is 0.138 e. The van der Waals surface area contributed by atoms with Crippen molar-refractivity contribution in [1.82, 2.24) is 14.8 Å². The summed E-state index contributed by atoms with van der Waals surface area (Å²) in [4.78, 5) is 4.14. The van der Waals surface area contributed by atoms with E-state index in [1.165, 1.54) is 0 Å². The average molecular weight is 387 g/mol. The van der Waals surface area contributed by atoms with Crippen LogP contribution in [0.3, 0.4) is 0 Å². The van der Waals surface area contributed by atoms with Gasteiger partial charge in [0, 0.05) is 24.2 Å². The summed E-state index contributed by atoms with van der Waals surface area (Å²) in [6.45, 7) is 0. The third kappa shape index (κ3) is 3.01. The van der Waals surface area contributed by atoms with Crippen LogP contribution in [-0.2, 0) is 5.54 Å². The molecule has 0 saturated heterocycles. The van der Waals surface area contributed by atoms with E-state index >= 15 is 0 Å². The summed E-state index contributed by atoms with van der Waals surface area (Å²) in [7, 11) is 0. The van der Waals surface area contributed by atoms with E-state index in [4.69, 9.17) is 5.10 Å². The number of nitrogens with zero attached hydrogens (tertiary/aromatic N) is 3. The molecule has 0 amide bonds. The lowest BCUT2D eigenvalue weighted by Crippen LogP contribution is -2.38. The van der Waals surface area contributed by atoms with E-state index < -0.39 is 5.54 Å². The molecule has 2 aromatic heterocycles. The normalized spacial score (nSPS) is 11.3. The lowest BCUT2D eigenvalue weighted by atomic mass is 9.77. The lowest BCUT2D eigenvalue weighted by molar-refractivity contribution is 0.460. The molecule has 5 rings (SSSR count). The van der Waals surface area contributed by atoms with Crippen LogP contribution in [0.2, 0.25) is 0 Å². The van der Waals surface area contributed by atoms with Gasteiger partial charge in [-0.15, -0.1) is 0 Å². The number of hydrogen-bond donors (Lipinski definition) is 0. The number of pyridine rings is 1. The van der Waals surface area contributed by atoms with E-state index in [-0.39, 0.29) is 0 Å². The molecule has 0 atom stereocenters. The molecule has 3 nitrogen and oxygen atoms in total. The Balaban J connectivity index is 1.82. The van der Waals surface area contributed by atoms with E-state index in [9.17, 15) is 0 Å². The first-order valence-corrected chi connectivity index (χ1v) is 10.0. The fourth-order valence-electron chi connectivity index (χ4n) is 4.13. The van der Waals surface area contributed by atoms with E-state index in [2.05, 4.69) is 107 Å². The van der Waals surface area contributed by atoms with Gasteiger partial charge in [-0.25, -0.2) is 0 Å². The molecular weight excluding hydrogens is 366 g/mol. The van der Waals surface area contributed by atoms with Crippen molar-refractivity contribution in [3.05, 3.63) is 145 Å². The molecule has 0 aliphatic carbocycles. The second-order valence-electron chi connectivity index (χ2n) is 7.22. The predicted octanol–water partition coefficient (Wildman–Crippen LogP) is 5.79. The first-order chi connectivity index (χ1) is 14.9. The molecule has 0 aliphatic rings. The van der Waals surface area contributed by atoms with Crippen molar-refractivity contribution in [2.75, 3.05) is 0 Å². The molecule has 144 valence electrons. The highest BCUT2D eigenvalue weighted by Gasteiger charge is 2.39. The molecular formula is C27H21N3. The molecule has 3 aromatic carbocycles. The topological polar surface area (TPSA) is 30.7 Å². The quantitative estimate of drug-likeness (QED) is 0.358. The van der Waals surface area contributed by atoms with E-state index in [1.54, 1.807) is 0 Å². The Kier molecular flexibility index (Phi) is 4.70. The van der Waals surface area contributed by atoms with Crippen LogP contribution >= 0.6 is 0 Å². The Morgan fingerprint density at radius 2 is 1.00 bits per heavy atom. The summed E-state index contributed by atoms with van der Waals surface area (Å²) in [5.74, 6) is 0. The number of aromatic nitrogens is 3. The zero-order valence-corrected chi connectivity index (χ0v) is 16.5. The fraction of sp³-hybridized carbons (Fsp3) is 0.0370. The number of benzene rings is 3. The fourth-order valence-corrected chi connectivity index (χ4v) is 4.13. The SMILES string of the molecule is c1ccc(C(c2ccccc2)(c2ccccc2)n2cc(-c3ccncc3)cn2)cc1. The highest BCUT2D eigenvalue weighted by molar-refractivity contribution is 5.62. The molecule has 5 aromatic rings. The summed E-state index contributed by atoms with van der Waals surface area (Å²) in [5.41, 5.74) is 5.05. The van der Waals surface area contributed by atoms with Crippen LogP contribution in [0.1, 0.15) is 16.7 Å². The lowest BCUT2D eigenvalue weighted by Gasteiger charge is -2.36. The second kappa shape index (κ2) is 7.80. The molecule has 0 N–H and O–H groups in total. The van der Waals surface area contributed by atoms with Crippen molar-refractivity contribution in [1.29, 1.82) is 0 Å². The van der Waals surface area contributed by atoms with Crippen molar-refractivity contribution in [2.24, 2.45) is 0 Å². The molecule has 30 heavy (non-hydrogen) atoms. The zero-order chi connectivity index (χ0) is 20.2. The minimum atomic E-state index is -0.588. The molecule has 0 bridgehead atoms. The summed E-state index contributed by atoms with van der Waals surface area (Å²) in [6, 6.07) is 35.7. The highest BCUT2D eigenvalue weighted by atomic mass is 15.3. The van der Waals surface area contributed by atoms with Crippen molar-refractivity contribution in [2.45, 2.75) is 5.54 Å². The van der Waals surface area contributed by atoms with Crippen molar-refractivity contribution < 1.29 is 0 Å². The Labute approximate surface area is 176 Å². The van der Waals surface area contributed by atoms with Crippen molar-refractivity contribution >= 4 is 0 Å². The first kappa shape index (κ1) is 18.1. The third-order valence-electron chi connectivity index (χ3n) is 5.51. The Hall–Kier alpha value is -3.98. The van der Waals surface area contributed by atoms with Gasteiger partial charge in [-0.2, -0.15) is 5.10 Å². The molecule has 0 fully saturated rings. The summed E-state index contributed by atoms with van der Waals surface area (Å²) < 4.78 is 2.09. The van der Waals surface area contributed by atoms with E-state index in [1.807, 2.05) is 30.7 Å². The van der Waals surface area contributed by atoms with Gasteiger partial charge in [0.1, 0.15) is 5.54 Å². The minimum Gasteiger partial charge on any atom is -0.265 e. The van der Waals surface area contributed by atoms with Gasteiger partial charge in [0.05, 0.1) is 6.20 Å². The second-order valence-corrected chi connectivity index (χ2v) is 7.22. The van der Waals surface area contributed by atoms with Crippen LogP contribution in [0.5, 0.6) is 0 Å². The van der Waals surface area contributed by atoms with Gasteiger partial charge in [0.15, 0.2) is 0 Å². The van der Waals surface area contributed by atoms with E-state index in [0.717, 1.165) is 27.8 Å². The van der Waals surface area contributed by atoms with Crippen LogP contribution in [-0.4, -0.2) is 14.8 Å². The van der Waals surface area contributed by atoms with Gasteiger partial charge < -0.3 is 0 Å². The molecule has 0 radical (unpaired) electrons. The predicted molar refractivity (Wildman–Crippen MR) is 120 cm³/mol. The van der Waals surface area contributed by atoms with Gasteiger partial charge in [0.25, 0.3) is 0 Å². The molecule has 0 aliphatic heterocycles. The minimum absolute atomic E-state index is 0.588. The molecule has 0 saturated carbocycles. The highest BCUT2D eigenvalue weighted by Crippen LogP contribution is 2.40. The van der Waals surface area contributed by atoms with Gasteiger partial charge >= 0.3 is 0 Å². The summed E-state index contributed by atoms with van der Waals surface area (Å²) in [5, 5.41) is 4.89. The number of rotatable bonds is 5. The van der Waals surface area contributed by atoms with Gasteiger partial charge in [0.2, 0.25) is 0 Å². The maximum atomic E-state index is 4.89. The van der Waals surface area contributed by atoms with Gasteiger partial charge in [-0.3, -0.25) is 9.67 Å². The van der Waals surface area contributed by atoms with Gasteiger partial charge in [-0.05, 0) is 34.4 Å². The van der Waals surface area contributed by atoms with Crippen molar-refractivity contribution in [3.63, 3.8) is 0 Å². The van der Waals surface area contributed by atoms with E-state index in [0.29, 0.717) is 0 Å². The smallest absolute Gasteiger partial charge is 0.138 e. The number of hydrogen-bond acceptors (Lipinski definition) is 2. The monoisotopic (exact) mass is 387 g/mol. The molecule has 2 heterocycles. The first-order valence-electron chi connectivity index (χ1n) is 10.0. The molecule has 3 heteroatoms. The third-order valence-corrected chi connectivity index (χ3v) is 5.51.